The normalized spacial score (nSPS) is 9.89. The molecule has 0 aliphatic rings. The molecule has 0 aliphatic heterocycles. The minimum absolute atomic E-state index is 0.0314. The van der Waals surface area contributed by atoms with Crippen molar-refractivity contribution in [2.75, 3.05) is 0 Å². The van der Waals surface area contributed by atoms with Crippen molar-refractivity contribution >= 4 is 0 Å². The number of hydrogen-bond donors (Lipinski definition) is 0. The standard InChI is InChI=1S/C13H6F3NO/c14-9-1-2-13(8(3-9)7-17)18-12-5-10(15)4-11(16)6-12/h1-6H. The summed E-state index contributed by atoms with van der Waals surface area (Å²) in [5.74, 6) is -2.26. The number of benzene rings is 2. The fraction of sp³-hybridized carbons (Fsp3) is 0. The second-order valence-corrected chi connectivity index (χ2v) is 3.46. The first-order chi connectivity index (χ1) is 8.58. The SMILES string of the molecule is N#Cc1cc(F)ccc1Oc1cc(F)cc(F)c1. The summed E-state index contributed by atoms with van der Waals surface area (Å²) in [7, 11) is 0. The molecule has 0 atom stereocenters. The predicted octanol–water partition coefficient (Wildman–Crippen LogP) is 3.77. The van der Waals surface area contributed by atoms with Gasteiger partial charge in [-0.2, -0.15) is 5.26 Å². The van der Waals surface area contributed by atoms with Crippen LogP contribution < -0.4 is 4.74 Å². The van der Waals surface area contributed by atoms with Gasteiger partial charge in [0, 0.05) is 18.2 Å². The monoisotopic (exact) mass is 249 g/mol. The zero-order valence-electron chi connectivity index (χ0n) is 8.95. The Morgan fingerprint density at radius 3 is 2.17 bits per heavy atom. The van der Waals surface area contributed by atoms with Gasteiger partial charge in [0.25, 0.3) is 0 Å². The van der Waals surface area contributed by atoms with Gasteiger partial charge < -0.3 is 4.74 Å². The van der Waals surface area contributed by atoms with Crippen LogP contribution in [-0.2, 0) is 0 Å². The van der Waals surface area contributed by atoms with Crippen molar-refractivity contribution in [2.45, 2.75) is 0 Å². The first kappa shape index (κ1) is 12.0. The highest BCUT2D eigenvalue weighted by Crippen LogP contribution is 2.26. The molecule has 0 bridgehead atoms. The van der Waals surface area contributed by atoms with Crippen molar-refractivity contribution in [1.82, 2.24) is 0 Å². The van der Waals surface area contributed by atoms with Crippen molar-refractivity contribution in [1.29, 1.82) is 5.26 Å². The first-order valence-electron chi connectivity index (χ1n) is 4.92. The molecule has 0 unspecified atom stereocenters. The highest BCUT2D eigenvalue weighted by Gasteiger charge is 2.08. The zero-order chi connectivity index (χ0) is 13.1. The summed E-state index contributed by atoms with van der Waals surface area (Å²) in [6.07, 6.45) is 0. The molecule has 0 aliphatic carbocycles. The molecule has 0 N–H and O–H groups in total. The number of nitrogens with zero attached hydrogens (tertiary/aromatic N) is 1. The molecule has 18 heavy (non-hydrogen) atoms. The van der Waals surface area contributed by atoms with E-state index in [0.717, 1.165) is 24.3 Å². The summed E-state index contributed by atoms with van der Waals surface area (Å²) >= 11 is 0. The molecule has 0 saturated heterocycles. The van der Waals surface area contributed by atoms with Crippen molar-refractivity contribution in [2.24, 2.45) is 0 Å². The Morgan fingerprint density at radius 1 is 0.889 bits per heavy atom. The van der Waals surface area contributed by atoms with Crippen LogP contribution in [0.3, 0.4) is 0 Å². The van der Waals surface area contributed by atoms with E-state index in [1.165, 1.54) is 6.07 Å². The molecule has 2 aromatic rings. The molecule has 0 fully saturated rings. The van der Waals surface area contributed by atoms with Gasteiger partial charge in [-0.15, -0.1) is 0 Å². The number of nitriles is 1. The van der Waals surface area contributed by atoms with Crippen LogP contribution in [0, 0.1) is 28.8 Å². The lowest BCUT2D eigenvalue weighted by Gasteiger charge is -2.07. The molecule has 2 aromatic carbocycles. The van der Waals surface area contributed by atoms with Crippen LogP contribution in [-0.4, -0.2) is 0 Å². The minimum Gasteiger partial charge on any atom is -0.456 e. The average molecular weight is 249 g/mol. The fourth-order valence-corrected chi connectivity index (χ4v) is 1.39. The van der Waals surface area contributed by atoms with E-state index in [0.29, 0.717) is 6.07 Å². The van der Waals surface area contributed by atoms with Gasteiger partial charge in [0.05, 0.1) is 5.56 Å². The Hall–Kier alpha value is -2.48. The Bertz CT molecular complexity index is 614. The molecule has 5 heteroatoms. The zero-order valence-corrected chi connectivity index (χ0v) is 8.95. The maximum absolute atomic E-state index is 12.9. The molecule has 90 valence electrons. The second kappa shape index (κ2) is 4.80. The molecule has 2 rings (SSSR count). The van der Waals surface area contributed by atoms with Crippen molar-refractivity contribution in [3.8, 4) is 17.6 Å². The molecule has 0 saturated carbocycles. The van der Waals surface area contributed by atoms with Crippen LogP contribution in [0.1, 0.15) is 5.56 Å². The maximum Gasteiger partial charge on any atom is 0.145 e. The number of hydrogen-bond acceptors (Lipinski definition) is 2. The van der Waals surface area contributed by atoms with Crippen LogP contribution in [0.15, 0.2) is 36.4 Å². The summed E-state index contributed by atoms with van der Waals surface area (Å²) in [6.45, 7) is 0. The van der Waals surface area contributed by atoms with Gasteiger partial charge in [-0.05, 0) is 18.2 Å². The Kier molecular flexibility index (Phi) is 3.20. The van der Waals surface area contributed by atoms with Gasteiger partial charge in [-0.3, -0.25) is 0 Å². The lowest BCUT2D eigenvalue weighted by atomic mass is 10.2. The molecule has 0 spiro atoms. The summed E-state index contributed by atoms with van der Waals surface area (Å²) < 4.78 is 43.9. The third kappa shape index (κ3) is 2.61. The highest BCUT2D eigenvalue weighted by molar-refractivity contribution is 5.45. The molecule has 2 nitrogen and oxygen atoms in total. The lowest BCUT2D eigenvalue weighted by molar-refractivity contribution is 0.465. The van der Waals surface area contributed by atoms with Gasteiger partial charge in [0.1, 0.15) is 35.0 Å². The molecule has 0 amide bonds. The van der Waals surface area contributed by atoms with Crippen molar-refractivity contribution in [3.63, 3.8) is 0 Å². The van der Waals surface area contributed by atoms with Gasteiger partial charge in [0.2, 0.25) is 0 Å². The average Bonchev–Trinajstić information content (AvgIpc) is 2.30. The van der Waals surface area contributed by atoms with E-state index in [2.05, 4.69) is 0 Å². The minimum atomic E-state index is -0.800. The number of ether oxygens (including phenoxy) is 1. The Labute approximate surface area is 101 Å². The van der Waals surface area contributed by atoms with E-state index >= 15 is 0 Å². The van der Waals surface area contributed by atoms with Gasteiger partial charge in [-0.25, -0.2) is 13.2 Å². The molecular weight excluding hydrogens is 243 g/mol. The summed E-state index contributed by atoms with van der Waals surface area (Å²) in [5.41, 5.74) is -0.0559. The van der Waals surface area contributed by atoms with Crippen molar-refractivity contribution in [3.05, 3.63) is 59.4 Å². The van der Waals surface area contributed by atoms with Crippen molar-refractivity contribution < 1.29 is 17.9 Å². The van der Waals surface area contributed by atoms with E-state index in [-0.39, 0.29) is 17.1 Å². The van der Waals surface area contributed by atoms with E-state index < -0.39 is 17.5 Å². The van der Waals surface area contributed by atoms with Crippen LogP contribution in [0.25, 0.3) is 0 Å². The number of halogens is 3. The largest absolute Gasteiger partial charge is 0.456 e. The van der Waals surface area contributed by atoms with E-state index in [9.17, 15) is 13.2 Å². The molecule has 0 heterocycles. The Balaban J connectivity index is 2.37. The summed E-state index contributed by atoms with van der Waals surface area (Å²) in [5, 5.41) is 8.79. The number of rotatable bonds is 2. The quantitative estimate of drug-likeness (QED) is 0.811. The Morgan fingerprint density at radius 2 is 1.56 bits per heavy atom. The smallest absolute Gasteiger partial charge is 0.145 e. The molecular formula is C13H6F3NO. The van der Waals surface area contributed by atoms with E-state index in [1.54, 1.807) is 6.07 Å². The van der Waals surface area contributed by atoms with Crippen LogP contribution in [0.2, 0.25) is 0 Å². The van der Waals surface area contributed by atoms with Crippen LogP contribution in [0.5, 0.6) is 11.5 Å². The lowest BCUT2D eigenvalue weighted by Crippen LogP contribution is -1.91. The topological polar surface area (TPSA) is 33.0 Å². The van der Waals surface area contributed by atoms with Gasteiger partial charge >= 0.3 is 0 Å². The third-order valence-corrected chi connectivity index (χ3v) is 2.13. The second-order valence-electron chi connectivity index (χ2n) is 3.46. The van der Waals surface area contributed by atoms with E-state index in [4.69, 9.17) is 10.00 Å². The van der Waals surface area contributed by atoms with Gasteiger partial charge in [0.15, 0.2) is 0 Å². The molecule has 0 radical (unpaired) electrons. The van der Waals surface area contributed by atoms with Crippen LogP contribution in [0.4, 0.5) is 13.2 Å². The first-order valence-corrected chi connectivity index (χ1v) is 4.92. The summed E-state index contributed by atoms with van der Waals surface area (Å²) in [6, 6.07) is 7.65. The maximum atomic E-state index is 12.9. The van der Waals surface area contributed by atoms with Gasteiger partial charge in [-0.1, -0.05) is 0 Å². The third-order valence-electron chi connectivity index (χ3n) is 2.13. The highest BCUT2D eigenvalue weighted by atomic mass is 19.1. The fourth-order valence-electron chi connectivity index (χ4n) is 1.39. The predicted molar refractivity (Wildman–Crippen MR) is 57.5 cm³/mol. The van der Waals surface area contributed by atoms with Crippen LogP contribution >= 0.6 is 0 Å². The molecule has 0 aromatic heterocycles. The summed E-state index contributed by atoms with van der Waals surface area (Å²) in [4.78, 5) is 0. The van der Waals surface area contributed by atoms with E-state index in [1.807, 2.05) is 0 Å².